The van der Waals surface area contributed by atoms with Crippen molar-refractivity contribution < 1.29 is 0 Å². The Balaban J connectivity index is 1.92. The number of piperidine rings is 1. The summed E-state index contributed by atoms with van der Waals surface area (Å²) in [5, 5.41) is 3.42. The molecule has 5 heteroatoms. The molecule has 1 unspecified atom stereocenters. The number of nitrogens with one attached hydrogen (secondary N) is 1. The highest BCUT2D eigenvalue weighted by Gasteiger charge is 2.16. The molecular weight excluding hydrogens is 256 g/mol. The van der Waals surface area contributed by atoms with Crippen molar-refractivity contribution in [3.05, 3.63) is 24.0 Å². The van der Waals surface area contributed by atoms with Crippen molar-refractivity contribution in [1.29, 1.82) is 0 Å². The van der Waals surface area contributed by atoms with Crippen LogP contribution < -0.4 is 11.1 Å². The first-order chi connectivity index (χ1) is 9.18. The SMILES string of the molecule is CC(CNc1cccnc1C(N)=S)N1CCCCC1. The van der Waals surface area contributed by atoms with Crippen molar-refractivity contribution in [3.8, 4) is 0 Å². The number of likely N-dealkylation sites (tertiary alicyclic amines) is 1. The van der Waals surface area contributed by atoms with Gasteiger partial charge in [-0.05, 0) is 45.0 Å². The molecule has 1 aliphatic heterocycles. The minimum absolute atomic E-state index is 0.341. The number of hydrogen-bond donors (Lipinski definition) is 2. The summed E-state index contributed by atoms with van der Waals surface area (Å²) in [7, 11) is 0. The minimum atomic E-state index is 0.341. The number of thiocarbonyl (C=S) groups is 1. The van der Waals surface area contributed by atoms with Crippen LogP contribution in [0.15, 0.2) is 18.3 Å². The maximum atomic E-state index is 5.68. The van der Waals surface area contributed by atoms with Crippen LogP contribution >= 0.6 is 12.2 Å². The number of nitrogens with zero attached hydrogens (tertiary/aromatic N) is 2. The topological polar surface area (TPSA) is 54.2 Å². The normalized spacial score (nSPS) is 17.9. The van der Waals surface area contributed by atoms with E-state index in [1.165, 1.54) is 32.4 Å². The van der Waals surface area contributed by atoms with E-state index in [1.54, 1.807) is 6.20 Å². The molecule has 2 heterocycles. The molecule has 2 rings (SSSR count). The predicted octanol–water partition coefficient (Wildman–Crippen LogP) is 2.00. The summed E-state index contributed by atoms with van der Waals surface area (Å²) in [5.74, 6) is 0. The third-order valence-corrected chi connectivity index (χ3v) is 3.84. The van der Waals surface area contributed by atoms with E-state index in [2.05, 4.69) is 22.1 Å². The summed E-state index contributed by atoms with van der Waals surface area (Å²) < 4.78 is 0. The molecule has 1 atom stereocenters. The van der Waals surface area contributed by atoms with Gasteiger partial charge in [-0.1, -0.05) is 18.6 Å². The van der Waals surface area contributed by atoms with Gasteiger partial charge in [0.1, 0.15) is 10.7 Å². The predicted molar refractivity (Wildman–Crippen MR) is 83.5 cm³/mol. The fraction of sp³-hybridized carbons (Fsp3) is 0.571. The van der Waals surface area contributed by atoms with Gasteiger partial charge in [0.2, 0.25) is 0 Å². The Kier molecular flexibility index (Phi) is 5.10. The summed E-state index contributed by atoms with van der Waals surface area (Å²) in [5.41, 5.74) is 7.30. The highest BCUT2D eigenvalue weighted by molar-refractivity contribution is 7.80. The summed E-state index contributed by atoms with van der Waals surface area (Å²) >= 11 is 5.02. The molecule has 0 bridgehead atoms. The van der Waals surface area contributed by atoms with Crippen LogP contribution in [-0.4, -0.2) is 40.5 Å². The Labute approximate surface area is 120 Å². The summed E-state index contributed by atoms with van der Waals surface area (Å²) in [6, 6.07) is 4.39. The molecule has 1 aliphatic rings. The highest BCUT2D eigenvalue weighted by atomic mass is 32.1. The molecule has 4 nitrogen and oxygen atoms in total. The van der Waals surface area contributed by atoms with E-state index in [4.69, 9.17) is 18.0 Å². The van der Waals surface area contributed by atoms with Crippen LogP contribution in [0.5, 0.6) is 0 Å². The molecule has 0 amide bonds. The van der Waals surface area contributed by atoms with Crippen LogP contribution in [0.3, 0.4) is 0 Å². The van der Waals surface area contributed by atoms with Crippen molar-refractivity contribution in [1.82, 2.24) is 9.88 Å². The first-order valence-corrected chi connectivity index (χ1v) is 7.32. The van der Waals surface area contributed by atoms with Crippen LogP contribution in [0.2, 0.25) is 0 Å². The molecule has 0 saturated carbocycles. The Morgan fingerprint density at radius 2 is 2.21 bits per heavy atom. The second kappa shape index (κ2) is 6.82. The zero-order chi connectivity index (χ0) is 13.7. The van der Waals surface area contributed by atoms with Crippen LogP contribution in [0.25, 0.3) is 0 Å². The zero-order valence-electron chi connectivity index (χ0n) is 11.4. The summed E-state index contributed by atoms with van der Waals surface area (Å²) in [6.45, 7) is 5.56. The highest BCUT2D eigenvalue weighted by Crippen LogP contribution is 2.15. The molecule has 104 valence electrons. The lowest BCUT2D eigenvalue weighted by molar-refractivity contribution is 0.180. The number of hydrogen-bond acceptors (Lipinski definition) is 4. The van der Waals surface area contributed by atoms with Crippen molar-refractivity contribution in [2.24, 2.45) is 5.73 Å². The lowest BCUT2D eigenvalue weighted by atomic mass is 10.1. The van der Waals surface area contributed by atoms with Gasteiger partial charge in [-0.3, -0.25) is 9.88 Å². The lowest BCUT2D eigenvalue weighted by Gasteiger charge is -2.32. The number of rotatable bonds is 5. The van der Waals surface area contributed by atoms with Gasteiger partial charge >= 0.3 is 0 Å². The molecule has 1 saturated heterocycles. The first-order valence-electron chi connectivity index (χ1n) is 6.91. The van der Waals surface area contributed by atoms with E-state index < -0.39 is 0 Å². The number of aromatic nitrogens is 1. The quantitative estimate of drug-likeness (QED) is 0.807. The van der Waals surface area contributed by atoms with Crippen LogP contribution in [0.4, 0.5) is 5.69 Å². The molecule has 1 aromatic heterocycles. The Hall–Kier alpha value is -1.20. The van der Waals surface area contributed by atoms with E-state index in [0.29, 0.717) is 16.7 Å². The fourth-order valence-electron chi connectivity index (χ4n) is 2.49. The van der Waals surface area contributed by atoms with Crippen LogP contribution in [-0.2, 0) is 0 Å². The molecule has 3 N–H and O–H groups in total. The van der Waals surface area contributed by atoms with Crippen molar-refractivity contribution in [2.75, 3.05) is 25.0 Å². The smallest absolute Gasteiger partial charge is 0.124 e. The number of pyridine rings is 1. The largest absolute Gasteiger partial charge is 0.388 e. The van der Waals surface area contributed by atoms with Crippen molar-refractivity contribution in [2.45, 2.75) is 32.2 Å². The van der Waals surface area contributed by atoms with E-state index in [1.807, 2.05) is 12.1 Å². The van der Waals surface area contributed by atoms with Gasteiger partial charge in [0, 0.05) is 18.8 Å². The lowest BCUT2D eigenvalue weighted by Crippen LogP contribution is -2.41. The van der Waals surface area contributed by atoms with Crippen LogP contribution in [0, 0.1) is 0 Å². The van der Waals surface area contributed by atoms with Crippen LogP contribution in [0.1, 0.15) is 31.9 Å². The molecule has 0 aliphatic carbocycles. The molecule has 0 radical (unpaired) electrons. The van der Waals surface area contributed by atoms with Crippen molar-refractivity contribution >= 4 is 22.9 Å². The summed E-state index contributed by atoms with van der Waals surface area (Å²) in [4.78, 5) is 7.10. The van der Waals surface area contributed by atoms with Gasteiger partial charge < -0.3 is 11.1 Å². The average molecular weight is 278 g/mol. The van der Waals surface area contributed by atoms with Gasteiger partial charge in [-0.2, -0.15) is 0 Å². The van der Waals surface area contributed by atoms with E-state index in [0.717, 1.165) is 12.2 Å². The fourth-order valence-corrected chi connectivity index (χ4v) is 2.65. The molecule has 1 aromatic rings. The second-order valence-electron chi connectivity index (χ2n) is 5.09. The number of nitrogens with two attached hydrogens (primary N) is 1. The van der Waals surface area contributed by atoms with Gasteiger partial charge in [-0.15, -0.1) is 0 Å². The van der Waals surface area contributed by atoms with Gasteiger partial charge in [0.05, 0.1) is 5.69 Å². The standard InChI is InChI=1S/C14H22N4S/c1-11(18-8-3-2-4-9-18)10-17-12-6-5-7-16-13(12)14(15)19/h5-7,11,17H,2-4,8-10H2,1H3,(H2,15,19). The molecule has 0 aromatic carbocycles. The van der Waals surface area contributed by atoms with Gasteiger partial charge in [-0.25, -0.2) is 0 Å². The minimum Gasteiger partial charge on any atom is -0.388 e. The second-order valence-corrected chi connectivity index (χ2v) is 5.53. The summed E-state index contributed by atoms with van der Waals surface area (Å²) in [6.07, 6.45) is 5.71. The molecular formula is C14H22N4S. The van der Waals surface area contributed by atoms with Crippen molar-refractivity contribution in [3.63, 3.8) is 0 Å². The maximum absolute atomic E-state index is 5.68. The molecule has 19 heavy (non-hydrogen) atoms. The third kappa shape index (κ3) is 3.88. The van der Waals surface area contributed by atoms with Gasteiger partial charge in [0.25, 0.3) is 0 Å². The Bertz CT molecular complexity index is 429. The maximum Gasteiger partial charge on any atom is 0.124 e. The average Bonchev–Trinajstić information content (AvgIpc) is 2.46. The van der Waals surface area contributed by atoms with Gasteiger partial charge in [0.15, 0.2) is 0 Å². The monoisotopic (exact) mass is 278 g/mol. The Morgan fingerprint density at radius 3 is 2.89 bits per heavy atom. The number of anilines is 1. The molecule has 0 spiro atoms. The zero-order valence-corrected chi connectivity index (χ0v) is 12.2. The van der Waals surface area contributed by atoms with E-state index >= 15 is 0 Å². The first kappa shape index (κ1) is 14.2. The third-order valence-electron chi connectivity index (χ3n) is 3.64. The van der Waals surface area contributed by atoms with E-state index in [-0.39, 0.29) is 0 Å². The van der Waals surface area contributed by atoms with E-state index in [9.17, 15) is 0 Å². The molecule has 1 fully saturated rings. The Morgan fingerprint density at radius 1 is 1.47 bits per heavy atom.